The number of carbonyl (C=O) groups is 2. The highest BCUT2D eigenvalue weighted by Gasteiger charge is 2.30. The van der Waals surface area contributed by atoms with Crippen LogP contribution in [0.1, 0.15) is 54.3 Å². The van der Waals surface area contributed by atoms with Gasteiger partial charge in [0.05, 0.1) is 0 Å². The number of Topliss-reactive ketones (excluding diaryl/α,β-unsaturated/α-hetero) is 1. The Morgan fingerprint density at radius 1 is 1.04 bits per heavy atom. The van der Waals surface area contributed by atoms with Crippen LogP contribution in [0.3, 0.4) is 0 Å². The number of nitrogens with zero attached hydrogens (tertiary/aromatic N) is 2. The lowest BCUT2D eigenvalue weighted by atomic mass is 9.77. The number of ketones is 1. The molecule has 2 aliphatic rings. The van der Waals surface area contributed by atoms with Gasteiger partial charge in [0.1, 0.15) is 5.78 Å². The van der Waals surface area contributed by atoms with E-state index in [1.807, 2.05) is 13.8 Å². The van der Waals surface area contributed by atoms with Gasteiger partial charge in [-0.05, 0) is 45.6 Å². The Morgan fingerprint density at radius 3 is 2.15 bits per heavy atom. The fourth-order valence-corrected chi connectivity index (χ4v) is 4.32. The van der Waals surface area contributed by atoms with Crippen molar-refractivity contribution < 1.29 is 11.0 Å². The lowest BCUT2D eigenvalue weighted by molar-refractivity contribution is -0.130. The van der Waals surface area contributed by atoms with E-state index in [9.17, 15) is 9.59 Å². The third-order valence-electron chi connectivity index (χ3n) is 5.98. The topological polar surface area (TPSA) is 52.6 Å². The molecule has 27 heavy (non-hydrogen) atoms. The second kappa shape index (κ2) is 11.0. The summed E-state index contributed by atoms with van der Waals surface area (Å²) < 4.78 is 0. The van der Waals surface area contributed by atoms with Crippen molar-refractivity contribution in [1.29, 1.82) is 0 Å². The number of carbonyl (C=O) groups excluding carboxylic acids is 2. The second-order valence-corrected chi connectivity index (χ2v) is 8.83. The molecule has 1 aliphatic carbocycles. The maximum atomic E-state index is 12.4. The SMILES string of the molecule is C=C(C)CN1CCN(CCCNC(=O)C2CCC(C(=O)C(C)C)CC2)CC1.[HH]. The maximum absolute atomic E-state index is 12.4. The number of rotatable bonds is 9. The summed E-state index contributed by atoms with van der Waals surface area (Å²) in [7, 11) is 0. The number of amides is 1. The van der Waals surface area contributed by atoms with Gasteiger partial charge in [0, 0.05) is 58.4 Å². The molecule has 0 radical (unpaired) electrons. The van der Waals surface area contributed by atoms with Gasteiger partial charge in [0.2, 0.25) is 5.91 Å². The van der Waals surface area contributed by atoms with Gasteiger partial charge in [-0.15, -0.1) is 0 Å². The van der Waals surface area contributed by atoms with E-state index in [4.69, 9.17) is 0 Å². The van der Waals surface area contributed by atoms with E-state index in [-0.39, 0.29) is 25.1 Å². The van der Waals surface area contributed by atoms with Gasteiger partial charge in [-0.2, -0.15) is 0 Å². The second-order valence-electron chi connectivity index (χ2n) is 8.83. The molecule has 0 spiro atoms. The molecule has 0 unspecified atom stereocenters. The summed E-state index contributed by atoms with van der Waals surface area (Å²) in [6.07, 6.45) is 4.49. The normalized spacial score (nSPS) is 24.7. The van der Waals surface area contributed by atoms with Gasteiger partial charge in [0.15, 0.2) is 0 Å². The van der Waals surface area contributed by atoms with Gasteiger partial charge < -0.3 is 10.2 Å². The Bertz CT molecular complexity index is 508. The quantitative estimate of drug-likeness (QED) is 0.494. The largest absolute Gasteiger partial charge is 0.356 e. The number of hydrogen-bond donors (Lipinski definition) is 1. The van der Waals surface area contributed by atoms with Crippen LogP contribution in [0.15, 0.2) is 12.2 Å². The zero-order valence-electron chi connectivity index (χ0n) is 17.6. The highest BCUT2D eigenvalue weighted by atomic mass is 16.2. The lowest BCUT2D eigenvalue weighted by Crippen LogP contribution is -2.47. The van der Waals surface area contributed by atoms with Crippen molar-refractivity contribution in [2.24, 2.45) is 17.8 Å². The molecular formula is C22H41N3O2. The van der Waals surface area contributed by atoms with E-state index < -0.39 is 0 Å². The summed E-state index contributed by atoms with van der Waals surface area (Å²) in [6, 6.07) is 0. The van der Waals surface area contributed by atoms with Crippen LogP contribution in [-0.4, -0.2) is 67.3 Å². The zero-order chi connectivity index (χ0) is 19.8. The average Bonchev–Trinajstić information content (AvgIpc) is 2.65. The van der Waals surface area contributed by atoms with Crippen molar-refractivity contribution in [3.05, 3.63) is 12.2 Å². The minimum Gasteiger partial charge on any atom is -0.356 e. The molecule has 2 rings (SSSR count). The van der Waals surface area contributed by atoms with Crippen molar-refractivity contribution in [1.82, 2.24) is 15.1 Å². The highest BCUT2D eigenvalue weighted by Crippen LogP contribution is 2.31. The zero-order valence-corrected chi connectivity index (χ0v) is 17.6. The van der Waals surface area contributed by atoms with Crippen LogP contribution in [0.5, 0.6) is 0 Å². The van der Waals surface area contributed by atoms with E-state index in [2.05, 4.69) is 28.6 Å². The number of hydrogen-bond acceptors (Lipinski definition) is 4. The van der Waals surface area contributed by atoms with Gasteiger partial charge >= 0.3 is 0 Å². The van der Waals surface area contributed by atoms with Crippen LogP contribution in [0.4, 0.5) is 0 Å². The summed E-state index contributed by atoms with van der Waals surface area (Å²) >= 11 is 0. The Labute approximate surface area is 167 Å². The molecule has 1 N–H and O–H groups in total. The number of nitrogens with one attached hydrogen (secondary N) is 1. The minimum absolute atomic E-state index is 0. The summed E-state index contributed by atoms with van der Waals surface area (Å²) in [5.41, 5.74) is 1.23. The van der Waals surface area contributed by atoms with Gasteiger partial charge in [-0.1, -0.05) is 26.0 Å². The molecule has 5 nitrogen and oxygen atoms in total. The molecule has 1 heterocycles. The molecule has 2 fully saturated rings. The monoisotopic (exact) mass is 379 g/mol. The van der Waals surface area contributed by atoms with E-state index in [0.717, 1.165) is 77.9 Å². The Kier molecular flexibility index (Phi) is 8.97. The molecule has 1 saturated carbocycles. The average molecular weight is 380 g/mol. The molecule has 156 valence electrons. The molecule has 1 saturated heterocycles. The molecule has 0 aromatic rings. The molecule has 0 aromatic heterocycles. The van der Waals surface area contributed by atoms with Gasteiger partial charge in [0.25, 0.3) is 0 Å². The predicted octanol–water partition coefficient (Wildman–Crippen LogP) is 2.96. The number of piperazine rings is 1. The van der Waals surface area contributed by atoms with E-state index in [0.29, 0.717) is 5.78 Å². The van der Waals surface area contributed by atoms with Crippen LogP contribution in [0, 0.1) is 17.8 Å². The predicted molar refractivity (Wildman–Crippen MR) is 113 cm³/mol. The first-order chi connectivity index (χ1) is 12.9. The first-order valence-electron chi connectivity index (χ1n) is 10.8. The Morgan fingerprint density at radius 2 is 1.59 bits per heavy atom. The standard InChI is InChI=1S/C22H39N3O2.H2/c1-17(2)16-25-14-12-24(13-15-25)11-5-10-23-22(27)20-8-6-19(7-9-20)21(26)18(3)4;/h18-20H,1,5-16H2,2-4H3,(H,23,27);1H. The van der Waals surface area contributed by atoms with Gasteiger partial charge in [-0.25, -0.2) is 0 Å². The van der Waals surface area contributed by atoms with Gasteiger partial charge in [-0.3, -0.25) is 14.5 Å². The van der Waals surface area contributed by atoms with Crippen LogP contribution < -0.4 is 5.32 Å². The highest BCUT2D eigenvalue weighted by molar-refractivity contribution is 5.83. The summed E-state index contributed by atoms with van der Waals surface area (Å²) in [6.45, 7) is 17.3. The van der Waals surface area contributed by atoms with Crippen molar-refractivity contribution in [2.75, 3.05) is 45.8 Å². The fourth-order valence-electron chi connectivity index (χ4n) is 4.32. The smallest absolute Gasteiger partial charge is 0.223 e. The summed E-state index contributed by atoms with van der Waals surface area (Å²) in [5, 5.41) is 3.12. The summed E-state index contributed by atoms with van der Waals surface area (Å²) in [5.74, 6) is 0.960. The molecule has 1 amide bonds. The molecule has 5 heteroatoms. The summed E-state index contributed by atoms with van der Waals surface area (Å²) in [4.78, 5) is 29.4. The maximum Gasteiger partial charge on any atom is 0.223 e. The van der Waals surface area contributed by atoms with Crippen LogP contribution in [0.25, 0.3) is 0 Å². The fraction of sp³-hybridized carbons (Fsp3) is 0.818. The molecule has 0 aromatic carbocycles. The first-order valence-corrected chi connectivity index (χ1v) is 10.8. The molecule has 1 aliphatic heterocycles. The Balaban J connectivity index is 0.00000392. The third-order valence-corrected chi connectivity index (χ3v) is 5.98. The Hall–Kier alpha value is -1.20. The van der Waals surface area contributed by atoms with Crippen LogP contribution in [0.2, 0.25) is 0 Å². The minimum atomic E-state index is 0. The van der Waals surface area contributed by atoms with Crippen molar-refractivity contribution in [3.8, 4) is 0 Å². The van der Waals surface area contributed by atoms with Crippen molar-refractivity contribution in [2.45, 2.75) is 52.9 Å². The third kappa shape index (κ3) is 7.38. The van der Waals surface area contributed by atoms with E-state index in [1.165, 1.54) is 5.57 Å². The molecule has 0 atom stereocenters. The van der Waals surface area contributed by atoms with Crippen LogP contribution in [-0.2, 0) is 9.59 Å². The van der Waals surface area contributed by atoms with Crippen LogP contribution >= 0.6 is 0 Å². The van der Waals surface area contributed by atoms with Crippen molar-refractivity contribution in [3.63, 3.8) is 0 Å². The van der Waals surface area contributed by atoms with E-state index in [1.54, 1.807) is 0 Å². The van der Waals surface area contributed by atoms with Crippen molar-refractivity contribution >= 4 is 11.7 Å². The first kappa shape index (κ1) is 22.1. The molecule has 0 bridgehead atoms. The lowest BCUT2D eigenvalue weighted by Gasteiger charge is -2.34. The molecular weight excluding hydrogens is 338 g/mol. The van der Waals surface area contributed by atoms with E-state index >= 15 is 0 Å².